The predicted octanol–water partition coefficient (Wildman–Crippen LogP) is 2.70. The van der Waals surface area contributed by atoms with Gasteiger partial charge in [-0.25, -0.2) is 0 Å². The largest absolute Gasteiger partial charge is 0.329 e. The highest BCUT2D eigenvalue weighted by atomic mass is 35.5. The Kier molecular flexibility index (Phi) is 3.52. The van der Waals surface area contributed by atoms with Crippen molar-refractivity contribution in [3.8, 4) is 0 Å². The van der Waals surface area contributed by atoms with Crippen LogP contribution in [0.25, 0.3) is 0 Å². The van der Waals surface area contributed by atoms with Gasteiger partial charge in [0.05, 0.1) is 10.0 Å². The summed E-state index contributed by atoms with van der Waals surface area (Å²) >= 11 is 11.9. The zero-order valence-electron chi connectivity index (χ0n) is 8.42. The molecule has 1 aliphatic heterocycles. The Morgan fingerprint density at radius 2 is 2.13 bits per heavy atom. The standard InChI is InChI=1S/C11H14Cl2N2/c12-9-2-1-8(7-10(9)13)11-3-5-15(11)6-4-14/h1-2,7,11H,3-6,14H2. The fraction of sp³-hybridized carbons (Fsp3) is 0.455. The molecule has 1 fully saturated rings. The van der Waals surface area contributed by atoms with Crippen LogP contribution in [0, 0.1) is 0 Å². The van der Waals surface area contributed by atoms with Gasteiger partial charge in [0.2, 0.25) is 0 Å². The summed E-state index contributed by atoms with van der Waals surface area (Å²) in [6, 6.07) is 6.33. The van der Waals surface area contributed by atoms with E-state index in [0.29, 0.717) is 22.6 Å². The van der Waals surface area contributed by atoms with E-state index in [2.05, 4.69) is 4.90 Å². The van der Waals surface area contributed by atoms with Gasteiger partial charge in [-0.2, -0.15) is 0 Å². The number of hydrogen-bond donors (Lipinski definition) is 1. The third-order valence-corrected chi connectivity index (χ3v) is 3.61. The monoisotopic (exact) mass is 244 g/mol. The summed E-state index contributed by atoms with van der Waals surface area (Å²) in [6.07, 6.45) is 1.18. The summed E-state index contributed by atoms with van der Waals surface area (Å²) in [6.45, 7) is 2.78. The van der Waals surface area contributed by atoms with E-state index in [0.717, 1.165) is 13.1 Å². The lowest BCUT2D eigenvalue weighted by molar-refractivity contribution is 0.0951. The molecule has 82 valence electrons. The van der Waals surface area contributed by atoms with Crippen molar-refractivity contribution in [2.75, 3.05) is 19.6 Å². The maximum atomic E-state index is 5.99. The summed E-state index contributed by atoms with van der Waals surface area (Å²) in [5.41, 5.74) is 6.78. The lowest BCUT2D eigenvalue weighted by Gasteiger charge is -2.41. The maximum absolute atomic E-state index is 5.99. The van der Waals surface area contributed by atoms with Crippen molar-refractivity contribution in [1.29, 1.82) is 0 Å². The molecule has 1 saturated heterocycles. The normalized spacial score (nSPS) is 21.4. The molecular formula is C11H14Cl2N2. The van der Waals surface area contributed by atoms with Gasteiger partial charge < -0.3 is 5.73 Å². The quantitative estimate of drug-likeness (QED) is 0.887. The summed E-state index contributed by atoms with van der Waals surface area (Å²) < 4.78 is 0. The minimum absolute atomic E-state index is 0.475. The van der Waals surface area contributed by atoms with Crippen molar-refractivity contribution in [2.45, 2.75) is 12.5 Å². The zero-order valence-corrected chi connectivity index (χ0v) is 9.93. The van der Waals surface area contributed by atoms with E-state index in [1.54, 1.807) is 0 Å². The highest BCUT2D eigenvalue weighted by molar-refractivity contribution is 6.42. The van der Waals surface area contributed by atoms with Crippen molar-refractivity contribution in [1.82, 2.24) is 4.90 Å². The van der Waals surface area contributed by atoms with Gasteiger partial charge in [0.25, 0.3) is 0 Å². The van der Waals surface area contributed by atoms with Crippen LogP contribution < -0.4 is 5.73 Å². The van der Waals surface area contributed by atoms with Crippen molar-refractivity contribution in [2.24, 2.45) is 5.73 Å². The second-order valence-electron chi connectivity index (χ2n) is 3.80. The molecule has 15 heavy (non-hydrogen) atoms. The van der Waals surface area contributed by atoms with E-state index in [-0.39, 0.29) is 0 Å². The molecule has 1 unspecified atom stereocenters. The molecule has 2 nitrogen and oxygen atoms in total. The molecule has 1 aromatic carbocycles. The van der Waals surface area contributed by atoms with Gasteiger partial charge in [-0.15, -0.1) is 0 Å². The van der Waals surface area contributed by atoms with Gasteiger partial charge >= 0.3 is 0 Å². The minimum Gasteiger partial charge on any atom is -0.329 e. The first-order valence-corrected chi connectivity index (χ1v) is 5.87. The average molecular weight is 245 g/mol. The third-order valence-electron chi connectivity index (χ3n) is 2.88. The number of nitrogens with two attached hydrogens (primary N) is 1. The Morgan fingerprint density at radius 1 is 1.33 bits per heavy atom. The van der Waals surface area contributed by atoms with Crippen LogP contribution >= 0.6 is 23.2 Å². The Hall–Kier alpha value is -0.280. The first-order valence-electron chi connectivity index (χ1n) is 5.11. The third kappa shape index (κ3) is 2.28. The van der Waals surface area contributed by atoms with E-state index in [1.807, 2.05) is 18.2 Å². The second-order valence-corrected chi connectivity index (χ2v) is 4.62. The molecule has 1 heterocycles. The van der Waals surface area contributed by atoms with Crippen LogP contribution in [-0.2, 0) is 0 Å². The fourth-order valence-electron chi connectivity index (χ4n) is 1.97. The highest BCUT2D eigenvalue weighted by Gasteiger charge is 2.28. The predicted molar refractivity (Wildman–Crippen MR) is 64.4 cm³/mol. The molecule has 0 radical (unpaired) electrons. The summed E-state index contributed by atoms with van der Waals surface area (Å²) in [4.78, 5) is 2.36. The Balaban J connectivity index is 2.12. The SMILES string of the molecule is NCCN1CCC1c1ccc(Cl)c(Cl)c1. The smallest absolute Gasteiger partial charge is 0.0595 e. The first-order chi connectivity index (χ1) is 7.22. The molecule has 2 N–H and O–H groups in total. The van der Waals surface area contributed by atoms with E-state index >= 15 is 0 Å². The van der Waals surface area contributed by atoms with Crippen LogP contribution in [0.1, 0.15) is 18.0 Å². The molecule has 0 aromatic heterocycles. The van der Waals surface area contributed by atoms with Crippen molar-refractivity contribution in [3.05, 3.63) is 33.8 Å². The average Bonchev–Trinajstić information content (AvgIpc) is 2.18. The first kappa shape index (κ1) is 11.2. The van der Waals surface area contributed by atoms with Crippen LogP contribution in [0.2, 0.25) is 10.0 Å². The van der Waals surface area contributed by atoms with Gasteiger partial charge in [0.15, 0.2) is 0 Å². The fourth-order valence-corrected chi connectivity index (χ4v) is 2.28. The van der Waals surface area contributed by atoms with Crippen molar-refractivity contribution < 1.29 is 0 Å². The Bertz CT molecular complexity index is 354. The van der Waals surface area contributed by atoms with Crippen molar-refractivity contribution in [3.63, 3.8) is 0 Å². The minimum atomic E-state index is 0.475. The molecule has 1 aliphatic rings. The summed E-state index contributed by atoms with van der Waals surface area (Å²) in [7, 11) is 0. The van der Waals surface area contributed by atoms with Gasteiger partial charge in [0.1, 0.15) is 0 Å². The van der Waals surface area contributed by atoms with Gasteiger partial charge in [-0.1, -0.05) is 29.3 Å². The zero-order chi connectivity index (χ0) is 10.8. The van der Waals surface area contributed by atoms with Crippen LogP contribution in [-0.4, -0.2) is 24.5 Å². The Labute approximate surface area is 100.0 Å². The topological polar surface area (TPSA) is 29.3 Å². The van der Waals surface area contributed by atoms with Crippen LogP contribution in [0.15, 0.2) is 18.2 Å². The van der Waals surface area contributed by atoms with Gasteiger partial charge in [-0.3, -0.25) is 4.90 Å². The van der Waals surface area contributed by atoms with Gasteiger partial charge in [0, 0.05) is 25.7 Å². The number of rotatable bonds is 3. The molecule has 0 bridgehead atoms. The molecule has 1 atom stereocenters. The molecular weight excluding hydrogens is 231 g/mol. The number of likely N-dealkylation sites (tertiary alicyclic amines) is 1. The molecule has 2 rings (SSSR count). The number of nitrogens with zero attached hydrogens (tertiary/aromatic N) is 1. The molecule has 0 spiro atoms. The van der Waals surface area contributed by atoms with Crippen molar-refractivity contribution >= 4 is 23.2 Å². The van der Waals surface area contributed by atoms with E-state index in [1.165, 1.54) is 12.0 Å². The molecule has 4 heteroatoms. The van der Waals surface area contributed by atoms with E-state index in [9.17, 15) is 0 Å². The van der Waals surface area contributed by atoms with Crippen LogP contribution in [0.3, 0.4) is 0 Å². The second kappa shape index (κ2) is 4.71. The number of benzene rings is 1. The molecule has 0 saturated carbocycles. The van der Waals surface area contributed by atoms with Crippen LogP contribution in [0.5, 0.6) is 0 Å². The molecule has 1 aromatic rings. The van der Waals surface area contributed by atoms with E-state index in [4.69, 9.17) is 28.9 Å². The lowest BCUT2D eigenvalue weighted by Crippen LogP contribution is -2.43. The Morgan fingerprint density at radius 3 is 2.67 bits per heavy atom. The molecule has 0 aliphatic carbocycles. The summed E-state index contributed by atoms with van der Waals surface area (Å²) in [5.74, 6) is 0. The van der Waals surface area contributed by atoms with Gasteiger partial charge in [-0.05, 0) is 24.1 Å². The molecule has 0 amide bonds. The maximum Gasteiger partial charge on any atom is 0.0595 e. The lowest BCUT2D eigenvalue weighted by atomic mass is 9.95. The number of hydrogen-bond acceptors (Lipinski definition) is 2. The number of halogens is 2. The summed E-state index contributed by atoms with van der Waals surface area (Å²) in [5, 5.41) is 1.25. The van der Waals surface area contributed by atoms with Crippen LogP contribution in [0.4, 0.5) is 0 Å². The van der Waals surface area contributed by atoms with E-state index < -0.39 is 0 Å². The highest BCUT2D eigenvalue weighted by Crippen LogP contribution is 2.35.